The molecule has 5 heteroatoms. The van der Waals surface area contributed by atoms with Gasteiger partial charge in [0.25, 0.3) is 0 Å². The second-order valence-electron chi connectivity index (χ2n) is 6.95. The molecule has 1 aromatic heterocycles. The number of carbonyl (C=O) groups excluding carboxylic acids is 1. The van der Waals surface area contributed by atoms with Crippen molar-refractivity contribution in [1.82, 2.24) is 9.88 Å². The van der Waals surface area contributed by atoms with E-state index < -0.39 is 0 Å². The molecule has 2 aromatic carbocycles. The Morgan fingerprint density at radius 1 is 1.19 bits per heavy atom. The monoisotopic (exact) mass is 377 g/mol. The van der Waals surface area contributed by atoms with E-state index in [1.54, 1.807) is 0 Å². The molecule has 27 heavy (non-hydrogen) atoms. The van der Waals surface area contributed by atoms with Gasteiger partial charge in [0.2, 0.25) is 5.91 Å². The van der Waals surface area contributed by atoms with Crippen LogP contribution in [0.3, 0.4) is 0 Å². The summed E-state index contributed by atoms with van der Waals surface area (Å²) in [5.41, 5.74) is 5.24. The van der Waals surface area contributed by atoms with E-state index in [9.17, 15) is 4.79 Å². The number of aromatic nitrogens is 1. The maximum Gasteiger partial charge on any atom is 0.223 e. The third-order valence-corrected chi connectivity index (χ3v) is 5.80. The SMILES string of the molecule is CC(=O)Nc1nc(CN2CCc3ccccc3C2Cc2ccccc2)cs1. The van der Waals surface area contributed by atoms with Gasteiger partial charge in [-0.05, 0) is 29.5 Å². The highest BCUT2D eigenvalue weighted by atomic mass is 32.1. The first-order valence-corrected chi connectivity index (χ1v) is 10.1. The van der Waals surface area contributed by atoms with Crippen molar-refractivity contribution in [2.24, 2.45) is 0 Å². The molecule has 3 aromatic rings. The highest BCUT2D eigenvalue weighted by molar-refractivity contribution is 7.13. The Balaban J connectivity index is 1.58. The van der Waals surface area contributed by atoms with Crippen LogP contribution < -0.4 is 5.32 Å². The molecule has 1 aliphatic heterocycles. The highest BCUT2D eigenvalue weighted by Gasteiger charge is 2.27. The van der Waals surface area contributed by atoms with Crippen LogP contribution in [0.5, 0.6) is 0 Å². The first kappa shape index (κ1) is 17.9. The topological polar surface area (TPSA) is 45.2 Å². The van der Waals surface area contributed by atoms with Crippen LogP contribution in [-0.4, -0.2) is 22.3 Å². The predicted octanol–water partition coefficient (Wildman–Crippen LogP) is 4.44. The summed E-state index contributed by atoms with van der Waals surface area (Å²) >= 11 is 1.49. The molecule has 1 aliphatic rings. The molecule has 0 bridgehead atoms. The van der Waals surface area contributed by atoms with Gasteiger partial charge in [-0.25, -0.2) is 4.98 Å². The minimum Gasteiger partial charge on any atom is -0.302 e. The first-order chi connectivity index (χ1) is 13.2. The third-order valence-electron chi connectivity index (χ3n) is 4.99. The van der Waals surface area contributed by atoms with Crippen LogP contribution >= 0.6 is 11.3 Å². The smallest absolute Gasteiger partial charge is 0.223 e. The van der Waals surface area contributed by atoms with E-state index in [-0.39, 0.29) is 5.91 Å². The van der Waals surface area contributed by atoms with Crippen molar-refractivity contribution >= 4 is 22.4 Å². The van der Waals surface area contributed by atoms with E-state index in [2.05, 4.69) is 69.8 Å². The molecule has 1 unspecified atom stereocenters. The van der Waals surface area contributed by atoms with Gasteiger partial charge in [-0.1, -0.05) is 54.6 Å². The van der Waals surface area contributed by atoms with E-state index in [4.69, 9.17) is 0 Å². The molecule has 4 rings (SSSR count). The van der Waals surface area contributed by atoms with Gasteiger partial charge < -0.3 is 5.32 Å². The lowest BCUT2D eigenvalue weighted by Crippen LogP contribution is -2.36. The average Bonchev–Trinajstić information content (AvgIpc) is 3.10. The number of anilines is 1. The van der Waals surface area contributed by atoms with Crippen LogP contribution in [-0.2, 0) is 24.2 Å². The van der Waals surface area contributed by atoms with Crippen LogP contribution in [0.15, 0.2) is 60.0 Å². The van der Waals surface area contributed by atoms with Gasteiger partial charge in [0, 0.05) is 31.4 Å². The summed E-state index contributed by atoms with van der Waals surface area (Å²) in [6, 6.07) is 19.8. The number of nitrogens with one attached hydrogen (secondary N) is 1. The Morgan fingerprint density at radius 2 is 1.96 bits per heavy atom. The van der Waals surface area contributed by atoms with Crippen molar-refractivity contribution in [3.05, 3.63) is 82.4 Å². The highest BCUT2D eigenvalue weighted by Crippen LogP contribution is 2.34. The number of amides is 1. The van der Waals surface area contributed by atoms with E-state index in [0.717, 1.165) is 31.6 Å². The molecule has 0 saturated heterocycles. The van der Waals surface area contributed by atoms with Crippen molar-refractivity contribution in [3.63, 3.8) is 0 Å². The fraction of sp³-hybridized carbons (Fsp3) is 0.273. The first-order valence-electron chi connectivity index (χ1n) is 9.27. The molecular formula is C22H23N3OS. The Bertz CT molecular complexity index is 922. The Hall–Kier alpha value is -2.50. The van der Waals surface area contributed by atoms with Crippen LogP contribution in [0, 0.1) is 0 Å². The number of fused-ring (bicyclic) bond motifs is 1. The van der Waals surface area contributed by atoms with E-state index in [1.807, 2.05) is 5.38 Å². The second-order valence-corrected chi connectivity index (χ2v) is 7.81. The Labute approximate surface area is 163 Å². The van der Waals surface area contributed by atoms with Gasteiger partial charge in [-0.2, -0.15) is 0 Å². The summed E-state index contributed by atoms with van der Waals surface area (Å²) in [5.74, 6) is -0.0789. The van der Waals surface area contributed by atoms with Crippen molar-refractivity contribution < 1.29 is 4.79 Å². The summed E-state index contributed by atoms with van der Waals surface area (Å²) in [7, 11) is 0. The minimum absolute atomic E-state index is 0.0789. The van der Waals surface area contributed by atoms with E-state index in [0.29, 0.717) is 11.2 Å². The van der Waals surface area contributed by atoms with Crippen molar-refractivity contribution in [2.75, 3.05) is 11.9 Å². The zero-order valence-corrected chi connectivity index (χ0v) is 16.2. The summed E-state index contributed by atoms with van der Waals surface area (Å²) in [5, 5.41) is 5.50. The lowest BCUT2D eigenvalue weighted by Gasteiger charge is -2.37. The lowest BCUT2D eigenvalue weighted by molar-refractivity contribution is -0.114. The molecule has 0 spiro atoms. The summed E-state index contributed by atoms with van der Waals surface area (Å²) in [4.78, 5) is 18.4. The number of rotatable bonds is 5. The summed E-state index contributed by atoms with van der Waals surface area (Å²) < 4.78 is 0. The van der Waals surface area contributed by atoms with Crippen molar-refractivity contribution in [1.29, 1.82) is 0 Å². The fourth-order valence-electron chi connectivity index (χ4n) is 3.76. The zero-order valence-electron chi connectivity index (χ0n) is 15.4. The number of hydrogen-bond donors (Lipinski definition) is 1. The molecule has 138 valence electrons. The van der Waals surface area contributed by atoms with Gasteiger partial charge in [0.1, 0.15) is 0 Å². The molecule has 1 atom stereocenters. The zero-order chi connectivity index (χ0) is 18.6. The van der Waals surface area contributed by atoms with Gasteiger partial charge in [0.05, 0.1) is 5.69 Å². The number of nitrogens with zero attached hydrogens (tertiary/aromatic N) is 2. The molecule has 0 fully saturated rings. The van der Waals surface area contributed by atoms with Gasteiger partial charge in [-0.3, -0.25) is 9.69 Å². The standard InChI is InChI=1S/C22H23N3OS/c1-16(26)23-22-24-19(15-27-22)14-25-12-11-18-9-5-6-10-20(18)21(25)13-17-7-3-2-4-8-17/h2-10,15,21H,11-14H2,1H3,(H,23,24,26). The summed E-state index contributed by atoms with van der Waals surface area (Å²) in [6.45, 7) is 3.32. The van der Waals surface area contributed by atoms with Gasteiger partial charge in [0.15, 0.2) is 5.13 Å². The number of carbonyl (C=O) groups is 1. The van der Waals surface area contributed by atoms with E-state index in [1.165, 1.54) is 35.0 Å². The maximum atomic E-state index is 11.3. The Kier molecular flexibility index (Phi) is 5.32. The molecule has 2 heterocycles. The molecule has 0 saturated carbocycles. The number of benzene rings is 2. The molecule has 1 N–H and O–H groups in total. The molecule has 4 nitrogen and oxygen atoms in total. The average molecular weight is 378 g/mol. The molecule has 1 amide bonds. The van der Waals surface area contributed by atoms with Gasteiger partial charge >= 0.3 is 0 Å². The number of hydrogen-bond acceptors (Lipinski definition) is 4. The predicted molar refractivity (Wildman–Crippen MR) is 110 cm³/mol. The van der Waals surface area contributed by atoms with E-state index >= 15 is 0 Å². The molecule has 0 radical (unpaired) electrons. The van der Waals surface area contributed by atoms with Crippen LogP contribution in [0.4, 0.5) is 5.13 Å². The summed E-state index contributed by atoms with van der Waals surface area (Å²) in [6.07, 6.45) is 2.05. The second kappa shape index (κ2) is 8.03. The van der Waals surface area contributed by atoms with Crippen LogP contribution in [0.2, 0.25) is 0 Å². The quantitative estimate of drug-likeness (QED) is 0.715. The minimum atomic E-state index is -0.0789. The fourth-order valence-corrected chi connectivity index (χ4v) is 4.51. The molecular weight excluding hydrogens is 354 g/mol. The largest absolute Gasteiger partial charge is 0.302 e. The number of thiazole rings is 1. The van der Waals surface area contributed by atoms with Crippen molar-refractivity contribution in [2.45, 2.75) is 32.4 Å². The maximum absolute atomic E-state index is 11.3. The lowest BCUT2D eigenvalue weighted by atomic mass is 9.88. The van der Waals surface area contributed by atoms with Crippen LogP contribution in [0.1, 0.15) is 35.3 Å². The van der Waals surface area contributed by atoms with Gasteiger partial charge in [-0.15, -0.1) is 11.3 Å². The molecule has 0 aliphatic carbocycles. The normalized spacial score (nSPS) is 16.7. The van der Waals surface area contributed by atoms with Crippen molar-refractivity contribution in [3.8, 4) is 0 Å². The third kappa shape index (κ3) is 4.26. The Morgan fingerprint density at radius 3 is 2.78 bits per heavy atom. The van der Waals surface area contributed by atoms with Crippen LogP contribution in [0.25, 0.3) is 0 Å².